The number of carbonyl (C=O) groups excluding carboxylic acids is 5. The Morgan fingerprint density at radius 2 is 1.09 bits per heavy atom. The number of amides is 5. The minimum atomic E-state index is -1.72. The van der Waals surface area contributed by atoms with Crippen LogP contribution in [0.4, 0.5) is 0 Å². The van der Waals surface area contributed by atoms with Crippen molar-refractivity contribution in [3.05, 3.63) is 35.9 Å². The van der Waals surface area contributed by atoms with Gasteiger partial charge in [0.25, 0.3) is 0 Å². The number of nitrogens with two attached hydrogens (primary N) is 1. The van der Waals surface area contributed by atoms with E-state index in [4.69, 9.17) is 21.1 Å². The molecule has 1 rings (SSSR count). The third-order valence-corrected chi connectivity index (χ3v) is 5.96. The van der Waals surface area contributed by atoms with Gasteiger partial charge in [-0.15, -0.1) is 0 Å². The van der Waals surface area contributed by atoms with Gasteiger partial charge in [-0.1, -0.05) is 30.3 Å². The van der Waals surface area contributed by atoms with Gasteiger partial charge < -0.3 is 52.7 Å². The largest absolute Gasteiger partial charge is 0.481 e. The maximum Gasteiger partial charge on any atom is 0.328 e. The van der Waals surface area contributed by atoms with E-state index >= 15 is 0 Å². The quantitative estimate of drug-likeness (QED) is 0.0746. The van der Waals surface area contributed by atoms with Crippen LogP contribution >= 0.6 is 0 Å². The first-order valence-corrected chi connectivity index (χ1v) is 13.1. The lowest BCUT2D eigenvalue weighted by Crippen LogP contribution is -2.58. The van der Waals surface area contributed by atoms with Gasteiger partial charge in [-0.05, 0) is 19.4 Å². The molecule has 0 saturated carbocycles. The third-order valence-electron chi connectivity index (χ3n) is 5.96. The highest BCUT2D eigenvalue weighted by atomic mass is 16.4. The first-order chi connectivity index (χ1) is 20.5. The smallest absolute Gasteiger partial charge is 0.328 e. The fraction of sp³-hybridized carbons (Fsp3) is 0.462. The van der Waals surface area contributed by atoms with E-state index in [2.05, 4.69) is 21.3 Å². The van der Waals surface area contributed by atoms with E-state index in [-0.39, 0.29) is 6.42 Å². The van der Waals surface area contributed by atoms with Crippen LogP contribution in [-0.4, -0.2) is 111 Å². The van der Waals surface area contributed by atoms with E-state index in [1.807, 2.05) is 5.32 Å². The summed E-state index contributed by atoms with van der Waals surface area (Å²) in [5.41, 5.74) is 6.03. The minimum Gasteiger partial charge on any atom is -0.481 e. The minimum absolute atomic E-state index is 0.0733. The zero-order valence-electron chi connectivity index (χ0n) is 23.8. The normalized spacial score (nSPS) is 14.7. The Balaban J connectivity index is 2.91. The van der Waals surface area contributed by atoms with Crippen LogP contribution < -0.4 is 32.3 Å². The summed E-state index contributed by atoms with van der Waals surface area (Å²) in [4.78, 5) is 96.3. The molecule has 0 unspecified atom stereocenters. The van der Waals surface area contributed by atoms with Gasteiger partial charge in [0.05, 0.1) is 25.5 Å². The average molecular weight is 625 g/mol. The molecule has 44 heavy (non-hydrogen) atoms. The van der Waals surface area contributed by atoms with Crippen LogP contribution in [0, 0.1) is 0 Å². The topological polar surface area (TPSA) is 304 Å². The number of carbonyl (C=O) groups is 8. The number of aliphatic hydroxyl groups is 1. The number of hydrogen-bond donors (Lipinski definition) is 10. The van der Waals surface area contributed by atoms with Crippen molar-refractivity contribution in [2.24, 2.45) is 5.73 Å². The maximum atomic E-state index is 12.9. The van der Waals surface area contributed by atoms with Gasteiger partial charge >= 0.3 is 17.9 Å². The molecule has 0 saturated heterocycles. The molecular weight excluding hydrogens is 588 g/mol. The monoisotopic (exact) mass is 624 g/mol. The van der Waals surface area contributed by atoms with E-state index in [0.29, 0.717) is 5.56 Å². The van der Waals surface area contributed by atoms with Crippen molar-refractivity contribution in [1.82, 2.24) is 26.6 Å². The van der Waals surface area contributed by atoms with Crippen molar-refractivity contribution >= 4 is 47.4 Å². The summed E-state index contributed by atoms with van der Waals surface area (Å²) in [6.07, 6.45) is -1.79. The summed E-state index contributed by atoms with van der Waals surface area (Å²) < 4.78 is 0. The second-order valence-corrected chi connectivity index (χ2v) is 9.66. The van der Waals surface area contributed by atoms with Crippen molar-refractivity contribution in [3.8, 4) is 0 Å². The molecule has 1 aromatic rings. The number of carboxylic acids is 3. The molecule has 0 bridgehead atoms. The van der Waals surface area contributed by atoms with E-state index in [1.165, 1.54) is 13.8 Å². The van der Waals surface area contributed by atoms with Crippen LogP contribution in [0.2, 0.25) is 0 Å². The molecule has 0 fully saturated rings. The van der Waals surface area contributed by atoms with Gasteiger partial charge in [-0.3, -0.25) is 33.6 Å². The highest BCUT2D eigenvalue weighted by Gasteiger charge is 2.31. The van der Waals surface area contributed by atoms with E-state index in [9.17, 15) is 43.5 Å². The molecule has 0 aliphatic rings. The van der Waals surface area contributed by atoms with Crippen LogP contribution in [0.15, 0.2) is 30.3 Å². The number of rotatable bonds is 18. The number of benzene rings is 1. The Morgan fingerprint density at radius 3 is 1.59 bits per heavy atom. The number of nitrogens with one attached hydrogen (secondary N) is 5. The Hall–Kier alpha value is -5.10. The fourth-order valence-electron chi connectivity index (χ4n) is 3.54. The Bertz CT molecular complexity index is 1230. The summed E-state index contributed by atoms with van der Waals surface area (Å²) in [5.74, 6) is -9.34. The standard InChI is InChI=1S/C26H36N6O12/c1-12(29-24(41)17(10-20(36)37)31-23(40)15(27)9-19(34)35)21(38)28-13(2)22(39)30-16(8-14-6-4-3-5-7-14)25(42)32-18(11-33)26(43)44/h3-7,12-13,15-18,33H,8-11,27H2,1-2H3,(H,28,38)(H,29,41)(H,30,39)(H,31,40)(H,32,42)(H,34,35)(H,36,37)(H,43,44)/t12-,13-,15-,16-,17-,18-/m0/s1. The molecule has 5 amide bonds. The number of aliphatic hydroxyl groups excluding tert-OH is 1. The molecular formula is C26H36N6O12. The number of hydrogen-bond acceptors (Lipinski definition) is 10. The molecule has 0 aromatic heterocycles. The lowest BCUT2D eigenvalue weighted by atomic mass is 10.0. The zero-order chi connectivity index (χ0) is 33.6. The van der Waals surface area contributed by atoms with Gasteiger partial charge in [0.1, 0.15) is 30.2 Å². The highest BCUT2D eigenvalue weighted by molar-refractivity contribution is 5.97. The highest BCUT2D eigenvalue weighted by Crippen LogP contribution is 2.05. The zero-order valence-corrected chi connectivity index (χ0v) is 23.8. The molecule has 0 aliphatic heterocycles. The van der Waals surface area contributed by atoms with Crippen molar-refractivity contribution < 1.29 is 58.8 Å². The van der Waals surface area contributed by atoms with Crippen molar-refractivity contribution in [2.45, 2.75) is 69.4 Å². The number of carboxylic acid groups (broad SMARTS) is 3. The predicted octanol–water partition coefficient (Wildman–Crippen LogP) is -3.95. The summed E-state index contributed by atoms with van der Waals surface area (Å²) in [5, 5.41) is 47.3. The van der Waals surface area contributed by atoms with Crippen molar-refractivity contribution in [2.75, 3.05) is 6.61 Å². The Kier molecular flexibility index (Phi) is 14.9. The summed E-state index contributed by atoms with van der Waals surface area (Å²) in [6.45, 7) is 1.54. The second-order valence-electron chi connectivity index (χ2n) is 9.66. The SMILES string of the molecule is C[C@H](NC(=O)[C@H](C)NC(=O)[C@H](CC(=O)O)NC(=O)[C@@H](N)CC(=O)O)C(=O)N[C@@H](Cc1ccccc1)C(=O)N[C@@H](CO)C(=O)O. The van der Waals surface area contributed by atoms with E-state index in [0.717, 1.165) is 0 Å². The first kappa shape index (κ1) is 36.9. The molecule has 0 spiro atoms. The molecule has 18 nitrogen and oxygen atoms in total. The summed E-state index contributed by atoms with van der Waals surface area (Å²) in [7, 11) is 0. The molecule has 6 atom stereocenters. The maximum absolute atomic E-state index is 12.9. The van der Waals surface area contributed by atoms with Gasteiger partial charge in [-0.2, -0.15) is 0 Å². The molecule has 242 valence electrons. The van der Waals surface area contributed by atoms with E-state index in [1.54, 1.807) is 30.3 Å². The summed E-state index contributed by atoms with van der Waals surface area (Å²) >= 11 is 0. The first-order valence-electron chi connectivity index (χ1n) is 13.1. The van der Waals surface area contributed by atoms with Crippen LogP contribution in [0.25, 0.3) is 0 Å². The molecule has 18 heteroatoms. The molecule has 0 radical (unpaired) electrons. The van der Waals surface area contributed by atoms with Crippen LogP contribution in [-0.2, 0) is 44.8 Å². The van der Waals surface area contributed by atoms with Crippen molar-refractivity contribution in [3.63, 3.8) is 0 Å². The Morgan fingerprint density at radius 1 is 0.636 bits per heavy atom. The molecule has 0 heterocycles. The average Bonchev–Trinajstić information content (AvgIpc) is 2.94. The van der Waals surface area contributed by atoms with Gasteiger partial charge in [0, 0.05) is 6.42 Å². The molecule has 0 aliphatic carbocycles. The van der Waals surface area contributed by atoms with Crippen LogP contribution in [0.1, 0.15) is 32.3 Å². The molecule has 1 aromatic carbocycles. The molecule has 11 N–H and O–H groups in total. The number of aliphatic carboxylic acids is 3. The van der Waals surface area contributed by atoms with E-state index < -0.39 is 103 Å². The van der Waals surface area contributed by atoms with Crippen LogP contribution in [0.3, 0.4) is 0 Å². The van der Waals surface area contributed by atoms with Crippen molar-refractivity contribution in [1.29, 1.82) is 0 Å². The fourth-order valence-corrected chi connectivity index (χ4v) is 3.54. The van der Waals surface area contributed by atoms with Gasteiger partial charge in [0.2, 0.25) is 29.5 Å². The second kappa shape index (κ2) is 17.8. The lowest BCUT2D eigenvalue weighted by molar-refractivity contribution is -0.143. The van der Waals surface area contributed by atoms with Gasteiger partial charge in [-0.25, -0.2) is 4.79 Å². The third kappa shape index (κ3) is 12.8. The summed E-state index contributed by atoms with van der Waals surface area (Å²) in [6, 6.07) is -0.551. The predicted molar refractivity (Wildman–Crippen MR) is 148 cm³/mol. The van der Waals surface area contributed by atoms with Gasteiger partial charge in [0.15, 0.2) is 0 Å². The lowest BCUT2D eigenvalue weighted by Gasteiger charge is -2.24. The Labute approximate surface area is 250 Å². The van der Waals surface area contributed by atoms with Crippen LogP contribution in [0.5, 0.6) is 0 Å².